The van der Waals surface area contributed by atoms with Gasteiger partial charge in [-0.25, -0.2) is 0 Å². The van der Waals surface area contributed by atoms with Crippen molar-refractivity contribution in [2.75, 3.05) is 6.16 Å². The second-order valence-electron chi connectivity index (χ2n) is 5.72. The van der Waals surface area contributed by atoms with Gasteiger partial charge in [-0.15, -0.1) is 0 Å². The molecule has 3 heteroatoms. The van der Waals surface area contributed by atoms with Gasteiger partial charge in [-0.05, 0) is 11.1 Å². The van der Waals surface area contributed by atoms with E-state index >= 15 is 0 Å². The maximum Gasteiger partial charge on any atom is 0.124 e. The third-order valence-corrected chi connectivity index (χ3v) is 7.33. The van der Waals surface area contributed by atoms with Gasteiger partial charge in [0.05, 0.1) is 5.31 Å². The van der Waals surface area contributed by atoms with Gasteiger partial charge in [0.25, 0.3) is 0 Å². The zero-order valence-corrected chi connectivity index (χ0v) is 13.0. The highest BCUT2D eigenvalue weighted by Crippen LogP contribution is 2.67. The van der Waals surface area contributed by atoms with E-state index in [0.29, 0.717) is 23.4 Å². The highest BCUT2D eigenvalue weighted by Gasteiger charge is 2.41. The molecule has 0 saturated carbocycles. The quantitative estimate of drug-likeness (QED) is 0.798. The Hall–Kier alpha value is -1.79. The van der Waals surface area contributed by atoms with E-state index in [1.165, 1.54) is 0 Å². The Morgan fingerprint density at radius 3 is 2.24 bits per heavy atom. The van der Waals surface area contributed by atoms with Gasteiger partial charge in [0.1, 0.15) is 12.9 Å². The van der Waals surface area contributed by atoms with Crippen LogP contribution in [-0.4, -0.2) is 11.3 Å². The molecule has 0 aliphatic carbocycles. The van der Waals surface area contributed by atoms with Crippen LogP contribution < -0.4 is 0 Å². The Balaban J connectivity index is 2.04. The Bertz CT molecular complexity index is 705. The van der Waals surface area contributed by atoms with Crippen LogP contribution >= 0.6 is 7.14 Å². The standard InChI is InChI=1S/C18H19O2P/c1-14-12-21(20,13-15-8-4-2-5-9-15)18(17(14)19)16-10-6-3-7-11-16/h2-11,14,19H,12-13H2,1H3/t14-,21-/m1/s1. The van der Waals surface area contributed by atoms with Gasteiger partial charge in [-0.3, -0.25) is 0 Å². The summed E-state index contributed by atoms with van der Waals surface area (Å²) in [5.74, 6) is 0.273. The fraction of sp³-hybridized carbons (Fsp3) is 0.222. The molecule has 108 valence electrons. The summed E-state index contributed by atoms with van der Waals surface area (Å²) < 4.78 is 13.5. The predicted molar refractivity (Wildman–Crippen MR) is 87.8 cm³/mol. The molecule has 2 nitrogen and oxygen atoms in total. The summed E-state index contributed by atoms with van der Waals surface area (Å²) in [7, 11) is -2.61. The van der Waals surface area contributed by atoms with Gasteiger partial charge >= 0.3 is 0 Å². The van der Waals surface area contributed by atoms with Gasteiger partial charge in [-0.2, -0.15) is 0 Å². The zero-order valence-electron chi connectivity index (χ0n) is 12.1. The second-order valence-corrected chi connectivity index (χ2v) is 8.62. The zero-order chi connectivity index (χ0) is 14.9. The molecular weight excluding hydrogens is 279 g/mol. The predicted octanol–water partition coefficient (Wildman–Crippen LogP) is 5.13. The second kappa shape index (κ2) is 5.54. The molecule has 1 aliphatic heterocycles. The van der Waals surface area contributed by atoms with Crippen molar-refractivity contribution in [3.8, 4) is 0 Å². The summed E-state index contributed by atoms with van der Waals surface area (Å²) >= 11 is 0. The van der Waals surface area contributed by atoms with E-state index < -0.39 is 7.14 Å². The summed E-state index contributed by atoms with van der Waals surface area (Å²) in [5.41, 5.74) is 1.95. The van der Waals surface area contributed by atoms with Crippen LogP contribution in [-0.2, 0) is 10.7 Å². The number of allylic oxidation sites excluding steroid dienone is 1. The van der Waals surface area contributed by atoms with Crippen LogP contribution in [0.5, 0.6) is 0 Å². The van der Waals surface area contributed by atoms with Crippen molar-refractivity contribution in [2.24, 2.45) is 5.92 Å². The van der Waals surface area contributed by atoms with E-state index in [1.54, 1.807) is 0 Å². The number of aliphatic hydroxyl groups excluding tert-OH is 1. The number of benzene rings is 2. The molecule has 1 N–H and O–H groups in total. The third-order valence-electron chi connectivity index (χ3n) is 4.01. The van der Waals surface area contributed by atoms with E-state index in [-0.39, 0.29) is 5.92 Å². The van der Waals surface area contributed by atoms with Gasteiger partial charge in [0, 0.05) is 18.2 Å². The highest BCUT2D eigenvalue weighted by molar-refractivity contribution is 7.74. The molecule has 0 bridgehead atoms. The van der Waals surface area contributed by atoms with Gasteiger partial charge < -0.3 is 9.67 Å². The molecule has 2 aromatic rings. The summed E-state index contributed by atoms with van der Waals surface area (Å²) in [4.78, 5) is 0. The Kier molecular flexibility index (Phi) is 3.73. The smallest absolute Gasteiger partial charge is 0.124 e. The molecule has 1 heterocycles. The first kappa shape index (κ1) is 14.2. The van der Waals surface area contributed by atoms with Crippen LogP contribution in [0, 0.1) is 5.92 Å². The normalized spacial score (nSPS) is 25.3. The van der Waals surface area contributed by atoms with Crippen LogP contribution in [0.4, 0.5) is 0 Å². The summed E-state index contributed by atoms with van der Waals surface area (Å²) in [5, 5.41) is 11.1. The average molecular weight is 298 g/mol. The molecular formula is C18H19O2P. The van der Waals surface area contributed by atoms with E-state index in [2.05, 4.69) is 0 Å². The number of hydrogen-bond acceptors (Lipinski definition) is 2. The Morgan fingerprint density at radius 2 is 1.62 bits per heavy atom. The molecule has 0 spiro atoms. The van der Waals surface area contributed by atoms with Gasteiger partial charge in [0.2, 0.25) is 0 Å². The molecule has 0 unspecified atom stereocenters. The SMILES string of the molecule is C[C@@H]1C[P@@](=O)(Cc2ccccc2)C(c2ccccc2)=C1O. The van der Waals surface area contributed by atoms with Crippen molar-refractivity contribution in [3.63, 3.8) is 0 Å². The van der Waals surface area contributed by atoms with Gasteiger partial charge in [0.15, 0.2) is 0 Å². The third kappa shape index (κ3) is 2.69. The minimum absolute atomic E-state index is 0.0326. The Labute approximate surface area is 125 Å². The maximum absolute atomic E-state index is 13.5. The van der Waals surface area contributed by atoms with Crippen molar-refractivity contribution >= 4 is 12.5 Å². The fourth-order valence-corrected chi connectivity index (χ4v) is 6.65. The van der Waals surface area contributed by atoms with E-state index in [1.807, 2.05) is 67.6 Å². The van der Waals surface area contributed by atoms with E-state index in [0.717, 1.165) is 11.1 Å². The van der Waals surface area contributed by atoms with Crippen LogP contribution in [0.15, 0.2) is 66.4 Å². The van der Waals surface area contributed by atoms with Crippen LogP contribution in [0.25, 0.3) is 5.31 Å². The topological polar surface area (TPSA) is 37.3 Å². The lowest BCUT2D eigenvalue weighted by atomic mass is 10.1. The molecule has 0 radical (unpaired) electrons. The largest absolute Gasteiger partial charge is 0.511 e. The molecule has 0 amide bonds. The number of rotatable bonds is 3. The van der Waals surface area contributed by atoms with Crippen LogP contribution in [0.2, 0.25) is 0 Å². The molecule has 0 saturated heterocycles. The molecule has 3 rings (SSSR count). The molecule has 1 aliphatic rings. The lowest BCUT2D eigenvalue weighted by Crippen LogP contribution is -1.97. The average Bonchev–Trinajstić information content (AvgIpc) is 2.70. The van der Waals surface area contributed by atoms with E-state index in [9.17, 15) is 9.67 Å². The summed E-state index contributed by atoms with van der Waals surface area (Å²) in [6, 6.07) is 19.5. The molecule has 2 atom stereocenters. The first-order chi connectivity index (χ1) is 10.1. The molecule has 0 fully saturated rings. The molecule has 0 aromatic heterocycles. The molecule has 21 heavy (non-hydrogen) atoms. The highest BCUT2D eigenvalue weighted by atomic mass is 31.2. The first-order valence-electron chi connectivity index (χ1n) is 7.21. The van der Waals surface area contributed by atoms with Crippen molar-refractivity contribution in [3.05, 3.63) is 77.5 Å². The first-order valence-corrected chi connectivity index (χ1v) is 9.29. The number of aliphatic hydroxyl groups is 1. The van der Waals surface area contributed by atoms with Crippen molar-refractivity contribution in [1.82, 2.24) is 0 Å². The maximum atomic E-state index is 13.5. The van der Waals surface area contributed by atoms with Crippen molar-refractivity contribution < 1.29 is 9.67 Å². The minimum atomic E-state index is -2.61. The summed E-state index contributed by atoms with van der Waals surface area (Å²) in [6.45, 7) is 1.95. The van der Waals surface area contributed by atoms with Crippen molar-refractivity contribution in [1.29, 1.82) is 0 Å². The number of hydrogen-bond donors (Lipinski definition) is 1. The minimum Gasteiger partial charge on any atom is -0.511 e. The summed E-state index contributed by atoms with van der Waals surface area (Å²) in [6.07, 6.45) is 1.07. The lowest BCUT2D eigenvalue weighted by molar-refractivity contribution is 0.362. The Morgan fingerprint density at radius 1 is 1.05 bits per heavy atom. The lowest BCUT2D eigenvalue weighted by Gasteiger charge is -2.16. The van der Waals surface area contributed by atoms with Crippen LogP contribution in [0.3, 0.4) is 0 Å². The fourth-order valence-electron chi connectivity index (χ4n) is 3.06. The van der Waals surface area contributed by atoms with E-state index in [4.69, 9.17) is 0 Å². The van der Waals surface area contributed by atoms with Crippen LogP contribution in [0.1, 0.15) is 18.1 Å². The molecule has 2 aromatic carbocycles. The van der Waals surface area contributed by atoms with Gasteiger partial charge in [-0.1, -0.05) is 67.6 Å². The van der Waals surface area contributed by atoms with Crippen molar-refractivity contribution in [2.45, 2.75) is 13.1 Å². The monoisotopic (exact) mass is 298 g/mol.